The summed E-state index contributed by atoms with van der Waals surface area (Å²) >= 11 is 0. The molecule has 0 aliphatic carbocycles. The number of rotatable bonds is 6. The van der Waals surface area contributed by atoms with E-state index >= 15 is 0 Å². The molecule has 0 rings (SSSR count). The fraction of sp³-hybridized carbons (Fsp3) is 0.857. The Morgan fingerprint density at radius 1 is 1.33 bits per heavy atom. The van der Waals surface area contributed by atoms with Crippen molar-refractivity contribution in [2.24, 2.45) is 11.3 Å². The second-order valence-electron chi connectivity index (χ2n) is 5.92. The molecule has 90 valence electrons. The van der Waals surface area contributed by atoms with E-state index in [0.29, 0.717) is 11.5 Å². The van der Waals surface area contributed by atoms with Gasteiger partial charge in [0.1, 0.15) is 0 Å². The molecule has 1 nitrogen and oxygen atoms in total. The minimum atomic E-state index is 0.406. The quantitative estimate of drug-likeness (QED) is 0.655. The average Bonchev–Trinajstić information content (AvgIpc) is 2.01. The lowest BCUT2D eigenvalue weighted by Crippen LogP contribution is -2.33. The molecule has 0 bridgehead atoms. The molecule has 1 heteroatoms. The second kappa shape index (κ2) is 6.32. The summed E-state index contributed by atoms with van der Waals surface area (Å²) in [5.74, 6) is 0.737. The first kappa shape index (κ1) is 14.7. The Morgan fingerprint density at radius 3 is 2.20 bits per heavy atom. The topological polar surface area (TPSA) is 12.0 Å². The van der Waals surface area contributed by atoms with Crippen molar-refractivity contribution in [3.05, 3.63) is 12.2 Å². The predicted molar refractivity (Wildman–Crippen MR) is 70.1 cm³/mol. The van der Waals surface area contributed by atoms with E-state index in [2.05, 4.69) is 53.4 Å². The van der Waals surface area contributed by atoms with Crippen LogP contribution < -0.4 is 5.32 Å². The highest BCUT2D eigenvalue weighted by Crippen LogP contribution is 2.30. The molecule has 0 amide bonds. The predicted octanol–water partition coefficient (Wildman–Crippen LogP) is 4.00. The Bertz CT molecular complexity index is 188. The van der Waals surface area contributed by atoms with Crippen molar-refractivity contribution in [3.63, 3.8) is 0 Å². The monoisotopic (exact) mass is 211 g/mol. The van der Waals surface area contributed by atoms with Gasteiger partial charge in [0.25, 0.3) is 0 Å². The molecule has 0 saturated heterocycles. The fourth-order valence-electron chi connectivity index (χ4n) is 1.73. The summed E-state index contributed by atoms with van der Waals surface area (Å²) in [4.78, 5) is 0. The van der Waals surface area contributed by atoms with Gasteiger partial charge in [-0.1, -0.05) is 40.2 Å². The zero-order valence-corrected chi connectivity index (χ0v) is 11.5. The van der Waals surface area contributed by atoms with E-state index in [9.17, 15) is 0 Å². The van der Waals surface area contributed by atoms with E-state index in [-0.39, 0.29) is 0 Å². The molecule has 0 aliphatic rings. The van der Waals surface area contributed by atoms with Crippen LogP contribution in [0.3, 0.4) is 0 Å². The second-order valence-corrected chi connectivity index (χ2v) is 5.92. The third-order valence-corrected chi connectivity index (χ3v) is 3.20. The molecule has 2 unspecified atom stereocenters. The summed E-state index contributed by atoms with van der Waals surface area (Å²) in [5, 5.41) is 3.56. The molecule has 0 aromatic heterocycles. The number of nitrogens with one attached hydrogen (secondary N) is 1. The highest BCUT2D eigenvalue weighted by atomic mass is 14.9. The molecule has 0 aromatic rings. The van der Waals surface area contributed by atoms with Crippen molar-refractivity contribution in [2.75, 3.05) is 6.54 Å². The first-order valence-corrected chi connectivity index (χ1v) is 6.15. The van der Waals surface area contributed by atoms with Crippen LogP contribution in [0, 0.1) is 11.3 Å². The first-order valence-electron chi connectivity index (χ1n) is 6.15. The van der Waals surface area contributed by atoms with E-state index < -0.39 is 0 Å². The van der Waals surface area contributed by atoms with Crippen molar-refractivity contribution < 1.29 is 0 Å². The maximum atomic E-state index is 4.01. The van der Waals surface area contributed by atoms with Gasteiger partial charge in [-0.15, -0.1) is 6.58 Å². The lowest BCUT2D eigenvalue weighted by atomic mass is 9.78. The lowest BCUT2D eigenvalue weighted by molar-refractivity contribution is 0.222. The minimum absolute atomic E-state index is 0.406. The molecule has 0 aliphatic heterocycles. The van der Waals surface area contributed by atoms with Crippen LogP contribution in [0.5, 0.6) is 0 Å². The van der Waals surface area contributed by atoms with Gasteiger partial charge in [0.15, 0.2) is 0 Å². The van der Waals surface area contributed by atoms with Gasteiger partial charge in [0.2, 0.25) is 0 Å². The number of hydrogen-bond donors (Lipinski definition) is 1. The normalized spacial score (nSPS) is 16.1. The highest BCUT2D eigenvalue weighted by Gasteiger charge is 2.23. The van der Waals surface area contributed by atoms with Crippen molar-refractivity contribution in [3.8, 4) is 0 Å². The highest BCUT2D eigenvalue weighted by molar-refractivity contribution is 4.93. The molecule has 2 atom stereocenters. The maximum Gasteiger partial charge on any atom is 0.0107 e. The molecule has 0 fully saturated rings. The van der Waals surface area contributed by atoms with E-state index in [1.807, 2.05) is 0 Å². The smallest absolute Gasteiger partial charge is 0.0107 e. The third kappa shape index (κ3) is 6.72. The van der Waals surface area contributed by atoms with Gasteiger partial charge < -0.3 is 5.32 Å². The Labute approximate surface area is 96.3 Å². The third-order valence-electron chi connectivity index (χ3n) is 3.20. The van der Waals surface area contributed by atoms with Gasteiger partial charge in [-0.05, 0) is 37.6 Å². The van der Waals surface area contributed by atoms with Crippen molar-refractivity contribution >= 4 is 0 Å². The molecule has 0 aromatic carbocycles. The lowest BCUT2D eigenvalue weighted by Gasteiger charge is -2.31. The number of hydrogen-bond acceptors (Lipinski definition) is 1. The van der Waals surface area contributed by atoms with Crippen LogP contribution in [0.25, 0.3) is 0 Å². The van der Waals surface area contributed by atoms with Crippen LogP contribution in [0.4, 0.5) is 0 Å². The molecule has 0 spiro atoms. The fourth-order valence-corrected chi connectivity index (χ4v) is 1.73. The summed E-state index contributed by atoms with van der Waals surface area (Å²) in [6.45, 7) is 18.7. The van der Waals surface area contributed by atoms with E-state index in [1.54, 1.807) is 0 Å². The Balaban J connectivity index is 4.21. The van der Waals surface area contributed by atoms with E-state index in [1.165, 1.54) is 12.0 Å². The standard InChI is InChI=1S/C14H29N/c1-8-15-13(9-11(2)3)10-12(4)14(5,6)7/h12-13,15H,2,8-10H2,1,3-7H3. The minimum Gasteiger partial charge on any atom is -0.314 e. The molecule has 0 radical (unpaired) electrons. The summed E-state index contributed by atoms with van der Waals surface area (Å²) in [7, 11) is 0. The summed E-state index contributed by atoms with van der Waals surface area (Å²) in [6, 6.07) is 0.599. The van der Waals surface area contributed by atoms with Gasteiger partial charge >= 0.3 is 0 Å². The van der Waals surface area contributed by atoms with E-state index in [4.69, 9.17) is 0 Å². The van der Waals surface area contributed by atoms with Crippen LogP contribution in [0.15, 0.2) is 12.2 Å². The molecule has 0 saturated carbocycles. The van der Waals surface area contributed by atoms with E-state index in [0.717, 1.165) is 18.9 Å². The van der Waals surface area contributed by atoms with Crippen molar-refractivity contribution in [1.29, 1.82) is 0 Å². The van der Waals surface area contributed by atoms with Crippen LogP contribution in [-0.2, 0) is 0 Å². The largest absolute Gasteiger partial charge is 0.314 e. The van der Waals surface area contributed by atoms with Gasteiger partial charge in [-0.3, -0.25) is 0 Å². The summed E-state index contributed by atoms with van der Waals surface area (Å²) < 4.78 is 0. The summed E-state index contributed by atoms with van der Waals surface area (Å²) in [6.07, 6.45) is 2.35. The van der Waals surface area contributed by atoms with Crippen LogP contribution in [-0.4, -0.2) is 12.6 Å². The Kier molecular flexibility index (Phi) is 6.19. The van der Waals surface area contributed by atoms with Gasteiger partial charge in [-0.2, -0.15) is 0 Å². The maximum absolute atomic E-state index is 4.01. The van der Waals surface area contributed by atoms with Gasteiger partial charge in [0.05, 0.1) is 0 Å². The molecule has 0 heterocycles. The summed E-state index contributed by atoms with van der Waals surface area (Å²) in [5.41, 5.74) is 1.69. The SMILES string of the molecule is C=C(C)CC(CC(C)C(C)(C)C)NCC. The molecular formula is C14H29N. The molecular weight excluding hydrogens is 182 g/mol. The Hall–Kier alpha value is -0.300. The van der Waals surface area contributed by atoms with Gasteiger partial charge in [0, 0.05) is 6.04 Å². The van der Waals surface area contributed by atoms with Crippen molar-refractivity contribution in [2.45, 2.75) is 60.4 Å². The first-order chi connectivity index (χ1) is 6.77. The zero-order valence-electron chi connectivity index (χ0n) is 11.5. The molecule has 1 N–H and O–H groups in total. The average molecular weight is 211 g/mol. The van der Waals surface area contributed by atoms with Crippen LogP contribution >= 0.6 is 0 Å². The van der Waals surface area contributed by atoms with Gasteiger partial charge in [-0.25, -0.2) is 0 Å². The zero-order chi connectivity index (χ0) is 12.1. The van der Waals surface area contributed by atoms with Crippen LogP contribution in [0.1, 0.15) is 54.4 Å². The molecule has 15 heavy (non-hydrogen) atoms. The Morgan fingerprint density at radius 2 is 1.87 bits per heavy atom. The van der Waals surface area contributed by atoms with Crippen LogP contribution in [0.2, 0.25) is 0 Å². The van der Waals surface area contributed by atoms with Crippen molar-refractivity contribution in [1.82, 2.24) is 5.32 Å².